The van der Waals surface area contributed by atoms with Crippen LogP contribution in [0.2, 0.25) is 0 Å². The highest BCUT2D eigenvalue weighted by molar-refractivity contribution is 5.10. The Morgan fingerprint density at radius 3 is 1.33 bits per heavy atom. The molecule has 142 valence electrons. The number of nitrogens with zero attached hydrogens (tertiary/aromatic N) is 3. The Morgan fingerprint density at radius 2 is 1.00 bits per heavy atom. The van der Waals surface area contributed by atoms with Crippen LogP contribution in [0.1, 0.15) is 6.42 Å². The lowest BCUT2D eigenvalue weighted by Crippen LogP contribution is -2.70. The third-order valence-electron chi connectivity index (χ3n) is 2.59. The fourth-order valence-electron chi connectivity index (χ4n) is 1.19. The van der Waals surface area contributed by atoms with Gasteiger partial charge in [-0.05, 0) is 5.53 Å². The van der Waals surface area contributed by atoms with Gasteiger partial charge in [-0.15, -0.1) is 0 Å². The summed E-state index contributed by atoms with van der Waals surface area (Å²) in [4.78, 5) is 1.75. The first-order chi connectivity index (χ1) is 10.3. The van der Waals surface area contributed by atoms with Crippen LogP contribution in [0.4, 0.5) is 57.1 Å². The molecule has 3 nitrogen and oxygen atoms in total. The van der Waals surface area contributed by atoms with Gasteiger partial charge in [0.2, 0.25) is 0 Å². The maximum atomic E-state index is 13.0. The predicted molar refractivity (Wildman–Crippen MR) is 49.4 cm³/mol. The smallest absolute Gasteiger partial charge is 0.200 e. The summed E-state index contributed by atoms with van der Waals surface area (Å²) in [7, 11) is 0. The van der Waals surface area contributed by atoms with E-state index in [0.29, 0.717) is 0 Å². The van der Waals surface area contributed by atoms with Gasteiger partial charge in [-0.3, -0.25) is 0 Å². The Kier molecular flexibility index (Phi) is 5.64. The van der Waals surface area contributed by atoms with Crippen LogP contribution >= 0.6 is 0 Å². The highest BCUT2D eigenvalue weighted by Gasteiger charge is 2.90. The van der Waals surface area contributed by atoms with Gasteiger partial charge in [-0.25, -0.2) is 0 Å². The Labute approximate surface area is 123 Å². The summed E-state index contributed by atoms with van der Waals surface area (Å²) in [6.07, 6.45) is -9.95. The van der Waals surface area contributed by atoms with Crippen LogP contribution in [-0.2, 0) is 0 Å². The third-order valence-corrected chi connectivity index (χ3v) is 2.59. The van der Waals surface area contributed by atoms with E-state index in [1.54, 1.807) is 4.91 Å². The largest absolute Gasteiger partial charge is 0.460 e. The van der Waals surface area contributed by atoms with Crippen LogP contribution in [0.3, 0.4) is 0 Å². The predicted octanol–water partition coefficient (Wildman–Crippen LogP) is 5.43. The summed E-state index contributed by atoms with van der Waals surface area (Å²) < 4.78 is 163. The Hall–Kier alpha value is -1.60. The molecule has 0 aromatic heterocycles. The van der Waals surface area contributed by atoms with Crippen LogP contribution in [0.15, 0.2) is 5.11 Å². The summed E-state index contributed by atoms with van der Waals surface area (Å²) in [6, 6.07) is 0. The summed E-state index contributed by atoms with van der Waals surface area (Å²) in [5, 5.41) is 2.21. The lowest BCUT2D eigenvalue weighted by molar-refractivity contribution is -0.440. The minimum Gasteiger partial charge on any atom is -0.200 e. The molecule has 0 aliphatic rings. The monoisotopic (exact) mass is 389 g/mol. The average molecular weight is 389 g/mol. The number of alkyl halides is 13. The topological polar surface area (TPSA) is 48.8 Å². The fourth-order valence-corrected chi connectivity index (χ4v) is 1.19. The van der Waals surface area contributed by atoms with Crippen molar-refractivity contribution in [1.29, 1.82) is 0 Å². The Bertz CT molecular complexity index is 502. The summed E-state index contributed by atoms with van der Waals surface area (Å²) >= 11 is 0. The number of azide groups is 1. The minimum absolute atomic E-state index is 1.66. The standard InChI is InChI=1S/C8H4F13N3/c9-3(10,1-2-23-24-22)4(11,12)5(13,14)6(15,16)7(17,18)8(19,20)21/h1-2H2. The van der Waals surface area contributed by atoms with E-state index >= 15 is 0 Å². The molecular formula is C8H4F13N3. The maximum Gasteiger partial charge on any atom is 0.460 e. The van der Waals surface area contributed by atoms with Gasteiger partial charge in [0.05, 0.1) is 0 Å². The molecule has 0 bridgehead atoms. The molecule has 0 saturated carbocycles. The number of halogens is 13. The van der Waals surface area contributed by atoms with E-state index in [1.807, 2.05) is 0 Å². The lowest BCUT2D eigenvalue weighted by Gasteiger charge is -2.39. The van der Waals surface area contributed by atoms with Crippen LogP contribution in [-0.4, -0.2) is 42.3 Å². The number of rotatable bonds is 7. The normalized spacial score (nSPS) is 15.2. The van der Waals surface area contributed by atoms with Gasteiger partial charge in [-0.1, -0.05) is 5.11 Å². The molecule has 0 atom stereocenters. The van der Waals surface area contributed by atoms with Crippen molar-refractivity contribution in [3.8, 4) is 0 Å². The van der Waals surface area contributed by atoms with Crippen molar-refractivity contribution in [3.05, 3.63) is 10.4 Å². The molecule has 0 saturated heterocycles. The molecule has 16 heteroatoms. The molecule has 0 aliphatic heterocycles. The van der Waals surface area contributed by atoms with Crippen molar-refractivity contribution in [3.63, 3.8) is 0 Å². The Balaban J connectivity index is 6.05. The van der Waals surface area contributed by atoms with Crippen LogP contribution in [0.5, 0.6) is 0 Å². The Morgan fingerprint density at radius 1 is 0.625 bits per heavy atom. The van der Waals surface area contributed by atoms with Crippen molar-refractivity contribution in [2.45, 2.75) is 42.2 Å². The quantitative estimate of drug-likeness (QED) is 0.242. The van der Waals surface area contributed by atoms with Gasteiger partial charge in [0.1, 0.15) is 0 Å². The molecule has 0 amide bonds. The van der Waals surface area contributed by atoms with E-state index in [2.05, 4.69) is 5.11 Å². The highest BCUT2D eigenvalue weighted by atomic mass is 19.4. The second-order valence-electron chi connectivity index (χ2n) is 4.20. The van der Waals surface area contributed by atoms with Crippen LogP contribution < -0.4 is 0 Å². The van der Waals surface area contributed by atoms with Crippen molar-refractivity contribution in [2.24, 2.45) is 5.11 Å². The molecule has 0 heterocycles. The fraction of sp³-hybridized carbons (Fsp3) is 1.00. The van der Waals surface area contributed by atoms with E-state index in [-0.39, 0.29) is 0 Å². The second kappa shape index (κ2) is 6.04. The van der Waals surface area contributed by atoms with Gasteiger partial charge in [0.25, 0.3) is 0 Å². The van der Waals surface area contributed by atoms with Gasteiger partial charge in [-0.2, -0.15) is 57.1 Å². The number of hydrogen-bond donors (Lipinski definition) is 0. The van der Waals surface area contributed by atoms with E-state index in [1.165, 1.54) is 0 Å². The summed E-state index contributed by atoms with van der Waals surface area (Å²) in [5.74, 6) is -37.0. The van der Waals surface area contributed by atoms with E-state index < -0.39 is 48.8 Å². The van der Waals surface area contributed by atoms with Crippen molar-refractivity contribution < 1.29 is 57.1 Å². The van der Waals surface area contributed by atoms with Gasteiger partial charge in [0, 0.05) is 17.9 Å². The molecule has 0 aromatic rings. The SMILES string of the molecule is [N-]=[N+]=NCCC(F)(F)C(F)(F)C(F)(F)C(F)(F)C(F)(F)C(F)(F)F. The third kappa shape index (κ3) is 3.15. The first kappa shape index (κ1) is 22.4. The zero-order valence-corrected chi connectivity index (χ0v) is 10.7. The van der Waals surface area contributed by atoms with Gasteiger partial charge < -0.3 is 0 Å². The van der Waals surface area contributed by atoms with E-state index in [0.717, 1.165) is 0 Å². The molecule has 0 unspecified atom stereocenters. The molecule has 0 radical (unpaired) electrons. The second-order valence-corrected chi connectivity index (χ2v) is 4.20. The lowest BCUT2D eigenvalue weighted by atomic mass is 9.92. The molecule has 0 rings (SSSR count). The maximum absolute atomic E-state index is 13.0. The first-order valence-electron chi connectivity index (χ1n) is 5.28. The molecule has 0 aromatic carbocycles. The van der Waals surface area contributed by atoms with Crippen molar-refractivity contribution in [2.75, 3.05) is 6.54 Å². The van der Waals surface area contributed by atoms with Crippen molar-refractivity contribution >= 4 is 0 Å². The molecular weight excluding hydrogens is 385 g/mol. The van der Waals surface area contributed by atoms with E-state index in [9.17, 15) is 57.1 Å². The van der Waals surface area contributed by atoms with E-state index in [4.69, 9.17) is 5.53 Å². The van der Waals surface area contributed by atoms with Crippen molar-refractivity contribution in [1.82, 2.24) is 0 Å². The van der Waals surface area contributed by atoms with Gasteiger partial charge in [0.15, 0.2) is 0 Å². The molecule has 24 heavy (non-hydrogen) atoms. The zero-order chi connectivity index (χ0) is 19.8. The highest BCUT2D eigenvalue weighted by Crippen LogP contribution is 2.60. The molecule has 0 N–H and O–H groups in total. The molecule has 0 aliphatic carbocycles. The summed E-state index contributed by atoms with van der Waals surface area (Å²) in [6.45, 7) is -1.66. The first-order valence-corrected chi connectivity index (χ1v) is 5.28. The minimum atomic E-state index is -7.91. The average Bonchev–Trinajstić information content (AvgIpc) is 2.36. The van der Waals surface area contributed by atoms with Crippen LogP contribution in [0, 0.1) is 0 Å². The molecule has 0 spiro atoms. The zero-order valence-electron chi connectivity index (χ0n) is 10.7. The summed E-state index contributed by atoms with van der Waals surface area (Å²) in [5.41, 5.74) is 7.68. The molecule has 0 fully saturated rings. The number of hydrogen-bond acceptors (Lipinski definition) is 1. The van der Waals surface area contributed by atoms with Crippen LogP contribution in [0.25, 0.3) is 10.4 Å². The van der Waals surface area contributed by atoms with Gasteiger partial charge >= 0.3 is 35.8 Å².